The van der Waals surface area contributed by atoms with Gasteiger partial charge < -0.3 is 5.32 Å². The Labute approximate surface area is 65.6 Å². The van der Waals surface area contributed by atoms with Crippen LogP contribution >= 0.6 is 0 Å². The number of carbonyl (C=O) groups is 1. The summed E-state index contributed by atoms with van der Waals surface area (Å²) in [6, 6.07) is 0. The molecule has 1 N–H and O–H groups in total. The van der Waals surface area contributed by atoms with Crippen molar-refractivity contribution in [1.82, 2.24) is 5.32 Å². The molecule has 2 nitrogen and oxygen atoms in total. The van der Waals surface area contributed by atoms with Gasteiger partial charge in [-0.3, -0.25) is 4.79 Å². The highest BCUT2D eigenvalue weighted by Gasteiger charge is 2.20. The number of nitrogens with one attached hydrogen (secondary N) is 1. The van der Waals surface area contributed by atoms with Gasteiger partial charge in [-0.25, -0.2) is 0 Å². The summed E-state index contributed by atoms with van der Waals surface area (Å²) >= 11 is 0. The largest absolute Gasteiger partial charge is 0.321 e. The maximum atomic E-state index is 11.0. The Morgan fingerprint density at radius 1 is 1.27 bits per heavy atom. The predicted molar refractivity (Wildman–Crippen MR) is 44.7 cm³/mol. The zero-order valence-electron chi connectivity index (χ0n) is 6.18. The second-order valence-corrected chi connectivity index (χ2v) is 2.17. The van der Waals surface area contributed by atoms with E-state index in [1.54, 1.807) is 12.2 Å². The molecule has 0 aromatic heterocycles. The summed E-state index contributed by atoms with van der Waals surface area (Å²) in [4.78, 5) is 11.0. The van der Waals surface area contributed by atoms with Crippen LogP contribution in [-0.4, -0.2) is 5.91 Å². The van der Waals surface area contributed by atoms with Gasteiger partial charge in [-0.2, -0.15) is 0 Å². The molecule has 0 aliphatic carbocycles. The van der Waals surface area contributed by atoms with Gasteiger partial charge in [0.2, 0.25) is 0 Å². The van der Waals surface area contributed by atoms with E-state index in [-0.39, 0.29) is 5.91 Å². The number of carbonyl (C=O) groups excluding carboxylic acids is 1. The lowest BCUT2D eigenvalue weighted by atomic mass is 10.1. The second kappa shape index (κ2) is 2.58. The minimum absolute atomic E-state index is 0.171. The van der Waals surface area contributed by atoms with E-state index in [0.717, 1.165) is 5.57 Å². The fourth-order valence-electron chi connectivity index (χ4n) is 0.944. The first-order valence-corrected chi connectivity index (χ1v) is 3.20. The standard InChI is InChI=1S/C9H9NO/c1-4-7-6(3)9(11)10-8(7)5-2/h4-5H,1-3H2,(H,10,11). The molecule has 0 fully saturated rings. The predicted octanol–water partition coefficient (Wildman–Crippen LogP) is 1.30. The smallest absolute Gasteiger partial charge is 0.255 e. The van der Waals surface area contributed by atoms with Crippen molar-refractivity contribution in [1.29, 1.82) is 0 Å². The van der Waals surface area contributed by atoms with Gasteiger partial charge in [-0.1, -0.05) is 25.8 Å². The van der Waals surface area contributed by atoms with E-state index >= 15 is 0 Å². The van der Waals surface area contributed by atoms with Gasteiger partial charge in [0.1, 0.15) is 0 Å². The average Bonchev–Trinajstić information content (AvgIpc) is 2.28. The first-order valence-electron chi connectivity index (χ1n) is 3.20. The Balaban J connectivity index is 3.14. The summed E-state index contributed by atoms with van der Waals surface area (Å²) in [7, 11) is 0. The molecule has 2 heteroatoms. The quantitative estimate of drug-likeness (QED) is 0.586. The Morgan fingerprint density at radius 3 is 2.27 bits per heavy atom. The van der Waals surface area contributed by atoms with Crippen LogP contribution in [-0.2, 0) is 4.79 Å². The van der Waals surface area contributed by atoms with Crippen LogP contribution in [0.25, 0.3) is 0 Å². The van der Waals surface area contributed by atoms with Crippen LogP contribution in [0.15, 0.2) is 48.7 Å². The van der Waals surface area contributed by atoms with Gasteiger partial charge in [0, 0.05) is 16.8 Å². The fourth-order valence-corrected chi connectivity index (χ4v) is 0.944. The lowest BCUT2D eigenvalue weighted by molar-refractivity contribution is -0.115. The molecule has 1 amide bonds. The molecular weight excluding hydrogens is 138 g/mol. The zero-order chi connectivity index (χ0) is 8.43. The van der Waals surface area contributed by atoms with Gasteiger partial charge in [-0.05, 0) is 6.08 Å². The molecule has 0 aromatic rings. The molecule has 1 aliphatic heterocycles. The molecule has 0 spiro atoms. The lowest BCUT2D eigenvalue weighted by Gasteiger charge is -1.92. The van der Waals surface area contributed by atoms with Crippen LogP contribution in [0.3, 0.4) is 0 Å². The minimum Gasteiger partial charge on any atom is -0.321 e. The van der Waals surface area contributed by atoms with E-state index in [2.05, 4.69) is 25.1 Å². The maximum Gasteiger partial charge on any atom is 0.255 e. The monoisotopic (exact) mass is 147 g/mol. The average molecular weight is 147 g/mol. The van der Waals surface area contributed by atoms with Crippen molar-refractivity contribution in [3.8, 4) is 0 Å². The molecule has 0 unspecified atom stereocenters. The van der Waals surface area contributed by atoms with Crippen molar-refractivity contribution in [3.05, 3.63) is 48.7 Å². The zero-order valence-corrected chi connectivity index (χ0v) is 6.18. The molecule has 0 radical (unpaired) electrons. The summed E-state index contributed by atoms with van der Waals surface area (Å²) in [6.45, 7) is 10.7. The van der Waals surface area contributed by atoms with Gasteiger partial charge in [0.15, 0.2) is 0 Å². The third-order valence-corrected chi connectivity index (χ3v) is 1.55. The van der Waals surface area contributed by atoms with Gasteiger partial charge in [0.05, 0.1) is 0 Å². The normalized spacial score (nSPS) is 16.7. The third-order valence-electron chi connectivity index (χ3n) is 1.55. The molecule has 0 aromatic carbocycles. The van der Waals surface area contributed by atoms with Crippen molar-refractivity contribution in [2.24, 2.45) is 0 Å². The number of allylic oxidation sites excluding steroid dienone is 2. The van der Waals surface area contributed by atoms with E-state index in [1.165, 1.54) is 0 Å². The molecule has 1 rings (SSSR count). The molecule has 1 heterocycles. The molecule has 0 bridgehead atoms. The van der Waals surface area contributed by atoms with Crippen LogP contribution in [0.1, 0.15) is 0 Å². The van der Waals surface area contributed by atoms with Crippen molar-refractivity contribution < 1.29 is 4.79 Å². The van der Waals surface area contributed by atoms with Gasteiger partial charge in [0.25, 0.3) is 5.91 Å². The Morgan fingerprint density at radius 2 is 1.91 bits per heavy atom. The number of rotatable bonds is 2. The second-order valence-electron chi connectivity index (χ2n) is 2.17. The van der Waals surface area contributed by atoms with E-state index in [4.69, 9.17) is 0 Å². The first-order chi connectivity index (χ1) is 5.20. The van der Waals surface area contributed by atoms with E-state index in [0.29, 0.717) is 11.3 Å². The SMILES string of the molecule is C=CC1=C(C=C)C(=C)C(=O)N1. The maximum absolute atomic E-state index is 11.0. The Bertz CT molecular complexity index is 284. The molecule has 0 saturated carbocycles. The van der Waals surface area contributed by atoms with Gasteiger partial charge in [-0.15, -0.1) is 0 Å². The lowest BCUT2D eigenvalue weighted by Crippen LogP contribution is -2.14. The molecule has 56 valence electrons. The summed E-state index contributed by atoms with van der Waals surface area (Å²) < 4.78 is 0. The highest BCUT2D eigenvalue weighted by atomic mass is 16.1. The van der Waals surface area contributed by atoms with Crippen molar-refractivity contribution in [3.63, 3.8) is 0 Å². The molecule has 11 heavy (non-hydrogen) atoms. The summed E-state index contributed by atoms with van der Waals surface area (Å²) in [5, 5.41) is 2.61. The van der Waals surface area contributed by atoms with Crippen LogP contribution in [0, 0.1) is 0 Å². The Hall–Kier alpha value is -1.57. The minimum atomic E-state index is -0.171. The fraction of sp³-hybridized carbons (Fsp3) is 0. The highest BCUT2D eigenvalue weighted by molar-refractivity contribution is 6.03. The van der Waals surface area contributed by atoms with E-state index in [9.17, 15) is 4.79 Å². The molecule has 1 aliphatic rings. The number of hydrogen-bond acceptors (Lipinski definition) is 1. The number of hydrogen-bond donors (Lipinski definition) is 1. The topological polar surface area (TPSA) is 29.1 Å². The van der Waals surface area contributed by atoms with Crippen molar-refractivity contribution >= 4 is 5.91 Å². The number of amides is 1. The van der Waals surface area contributed by atoms with Crippen molar-refractivity contribution in [2.45, 2.75) is 0 Å². The Kier molecular flexibility index (Phi) is 1.77. The summed E-state index contributed by atoms with van der Waals surface area (Å²) in [5.41, 5.74) is 1.88. The van der Waals surface area contributed by atoms with Crippen LogP contribution in [0.5, 0.6) is 0 Å². The summed E-state index contributed by atoms with van der Waals surface area (Å²) in [5.74, 6) is -0.171. The highest BCUT2D eigenvalue weighted by Crippen LogP contribution is 2.20. The van der Waals surface area contributed by atoms with Gasteiger partial charge >= 0.3 is 0 Å². The molecule has 0 saturated heterocycles. The van der Waals surface area contributed by atoms with Crippen molar-refractivity contribution in [2.75, 3.05) is 0 Å². The van der Waals surface area contributed by atoms with Crippen LogP contribution < -0.4 is 5.32 Å². The summed E-state index contributed by atoms with van der Waals surface area (Å²) in [6.07, 6.45) is 3.17. The van der Waals surface area contributed by atoms with Crippen LogP contribution in [0.4, 0.5) is 0 Å². The molecular formula is C9H9NO. The third kappa shape index (κ3) is 1.03. The van der Waals surface area contributed by atoms with E-state index < -0.39 is 0 Å². The van der Waals surface area contributed by atoms with Crippen LogP contribution in [0.2, 0.25) is 0 Å². The first kappa shape index (κ1) is 7.54. The van der Waals surface area contributed by atoms with E-state index in [1.807, 2.05) is 0 Å². The molecule has 0 atom stereocenters.